The highest BCUT2D eigenvalue weighted by Crippen LogP contribution is 2.30. The van der Waals surface area contributed by atoms with Crippen LogP contribution >= 0.6 is 53.5 Å². The average molecular weight is 360 g/mol. The molecule has 0 aliphatic carbocycles. The van der Waals surface area contributed by atoms with Crippen molar-refractivity contribution < 1.29 is 0 Å². The topological polar surface area (TPSA) is 30.7 Å². The highest BCUT2D eigenvalue weighted by Gasteiger charge is 2.12. The van der Waals surface area contributed by atoms with Crippen LogP contribution in [-0.4, -0.2) is 13.9 Å². The zero-order valence-electron chi connectivity index (χ0n) is 6.96. The molecule has 0 spiro atoms. The molecule has 14 heavy (non-hydrogen) atoms. The number of rotatable bonds is 1. The molecule has 2 aromatic rings. The standard InChI is InChI=1S/C7H4Cl2IN3S/c1-3-2-4-5(8)11-7(9)12-6(4)13(3)14-10/h2H,1H3. The van der Waals surface area contributed by atoms with Gasteiger partial charge in [-0.05, 0) is 24.6 Å². The van der Waals surface area contributed by atoms with Crippen LogP contribution in [0, 0.1) is 6.92 Å². The summed E-state index contributed by atoms with van der Waals surface area (Å²) in [4.78, 5) is 8.02. The summed E-state index contributed by atoms with van der Waals surface area (Å²) in [7, 11) is 1.53. The van der Waals surface area contributed by atoms with Gasteiger partial charge in [0, 0.05) is 36.0 Å². The van der Waals surface area contributed by atoms with Gasteiger partial charge in [-0.2, -0.15) is 4.98 Å². The molecule has 0 saturated carbocycles. The highest BCUT2D eigenvalue weighted by atomic mass is 127. The van der Waals surface area contributed by atoms with Gasteiger partial charge in [0.15, 0.2) is 5.65 Å². The van der Waals surface area contributed by atoms with E-state index in [9.17, 15) is 0 Å². The Kier molecular flexibility index (Phi) is 3.11. The second-order valence-corrected chi connectivity index (χ2v) is 5.05. The summed E-state index contributed by atoms with van der Waals surface area (Å²) < 4.78 is 1.95. The number of aryl methyl sites for hydroxylation is 1. The number of hydrogen-bond donors (Lipinski definition) is 0. The monoisotopic (exact) mass is 359 g/mol. The summed E-state index contributed by atoms with van der Waals surface area (Å²) in [5, 5.41) is 1.40. The Hall–Kier alpha value is 0.280. The van der Waals surface area contributed by atoms with Crippen LogP contribution in [0.25, 0.3) is 11.0 Å². The Labute approximate surface area is 107 Å². The van der Waals surface area contributed by atoms with Crippen molar-refractivity contribution in [3.05, 3.63) is 22.2 Å². The van der Waals surface area contributed by atoms with Gasteiger partial charge >= 0.3 is 0 Å². The molecule has 0 N–H and O–H groups in total. The molecular formula is C7H4Cl2IN3S. The van der Waals surface area contributed by atoms with Crippen molar-refractivity contribution in [2.24, 2.45) is 0 Å². The lowest BCUT2D eigenvalue weighted by Crippen LogP contribution is -1.90. The Bertz CT molecular complexity index is 499. The zero-order valence-corrected chi connectivity index (χ0v) is 11.4. The molecule has 0 atom stereocenters. The summed E-state index contributed by atoms with van der Waals surface area (Å²) in [5.41, 5.74) is 1.82. The van der Waals surface area contributed by atoms with Crippen molar-refractivity contribution in [3.8, 4) is 0 Å². The largest absolute Gasteiger partial charge is 0.263 e. The van der Waals surface area contributed by atoms with Gasteiger partial charge in [0.25, 0.3) is 0 Å². The summed E-state index contributed by atoms with van der Waals surface area (Å²) in [6.45, 7) is 1.98. The van der Waals surface area contributed by atoms with Gasteiger partial charge in [-0.3, -0.25) is 3.97 Å². The van der Waals surface area contributed by atoms with E-state index in [-0.39, 0.29) is 5.28 Å². The van der Waals surface area contributed by atoms with E-state index >= 15 is 0 Å². The minimum atomic E-state index is 0.173. The number of aromatic nitrogens is 3. The Morgan fingerprint density at radius 3 is 2.79 bits per heavy atom. The highest BCUT2D eigenvalue weighted by molar-refractivity contribution is 14.2. The molecule has 7 heteroatoms. The van der Waals surface area contributed by atoms with Gasteiger partial charge < -0.3 is 0 Å². The molecule has 0 aromatic carbocycles. The molecule has 0 unspecified atom stereocenters. The van der Waals surface area contributed by atoms with E-state index in [1.165, 1.54) is 9.12 Å². The fraction of sp³-hybridized carbons (Fsp3) is 0.143. The Morgan fingerprint density at radius 1 is 1.43 bits per heavy atom. The van der Waals surface area contributed by atoms with E-state index in [0.29, 0.717) is 5.15 Å². The molecule has 0 aliphatic rings. The smallest absolute Gasteiger partial charge is 0.225 e. The summed E-state index contributed by atoms with van der Waals surface area (Å²) in [5.74, 6) is 0. The van der Waals surface area contributed by atoms with E-state index in [1.54, 1.807) is 0 Å². The molecule has 0 fully saturated rings. The summed E-state index contributed by atoms with van der Waals surface area (Å²) in [6.07, 6.45) is 0. The molecule has 2 heterocycles. The van der Waals surface area contributed by atoms with Crippen LogP contribution in [-0.2, 0) is 0 Å². The molecule has 74 valence electrons. The second kappa shape index (κ2) is 4.03. The van der Waals surface area contributed by atoms with Crippen LogP contribution < -0.4 is 0 Å². The predicted molar refractivity (Wildman–Crippen MR) is 69.3 cm³/mol. The first kappa shape index (κ1) is 10.8. The van der Waals surface area contributed by atoms with Gasteiger partial charge in [-0.25, -0.2) is 4.98 Å². The van der Waals surface area contributed by atoms with Crippen LogP contribution in [0.4, 0.5) is 0 Å². The number of hydrogen-bond acceptors (Lipinski definition) is 3. The van der Waals surface area contributed by atoms with Crippen LogP contribution in [0.1, 0.15) is 5.69 Å². The van der Waals surface area contributed by atoms with E-state index < -0.39 is 0 Å². The first-order valence-corrected chi connectivity index (χ1v) is 7.71. The van der Waals surface area contributed by atoms with Gasteiger partial charge in [0.1, 0.15) is 5.15 Å². The number of fused-ring (bicyclic) bond motifs is 1. The van der Waals surface area contributed by atoms with Gasteiger partial charge in [-0.15, -0.1) is 0 Å². The van der Waals surface area contributed by atoms with E-state index in [1.807, 2.05) is 17.0 Å². The molecule has 2 aromatic heterocycles. The molecule has 0 amide bonds. The van der Waals surface area contributed by atoms with Crippen LogP contribution in [0.3, 0.4) is 0 Å². The maximum absolute atomic E-state index is 5.94. The van der Waals surface area contributed by atoms with Crippen LogP contribution in [0.15, 0.2) is 6.07 Å². The van der Waals surface area contributed by atoms with Gasteiger partial charge in [0.2, 0.25) is 5.28 Å². The minimum Gasteiger partial charge on any atom is -0.263 e. The Balaban J connectivity index is 2.87. The average Bonchev–Trinajstić information content (AvgIpc) is 2.41. The quantitative estimate of drug-likeness (QED) is 0.439. The normalized spacial score (nSPS) is 11.1. The molecule has 2 rings (SSSR count). The van der Waals surface area contributed by atoms with E-state index in [2.05, 4.69) is 31.2 Å². The zero-order chi connectivity index (χ0) is 10.3. The minimum absolute atomic E-state index is 0.173. The third kappa shape index (κ3) is 1.70. The first-order chi connectivity index (χ1) is 6.63. The molecular weight excluding hydrogens is 356 g/mol. The molecule has 3 nitrogen and oxygen atoms in total. The molecule has 0 saturated heterocycles. The maximum Gasteiger partial charge on any atom is 0.225 e. The van der Waals surface area contributed by atoms with Crippen molar-refractivity contribution in [2.75, 3.05) is 0 Å². The first-order valence-electron chi connectivity index (χ1n) is 3.63. The van der Waals surface area contributed by atoms with Crippen molar-refractivity contribution >= 4 is 64.6 Å². The Morgan fingerprint density at radius 2 is 2.14 bits per heavy atom. The van der Waals surface area contributed by atoms with Crippen LogP contribution in [0.5, 0.6) is 0 Å². The van der Waals surface area contributed by atoms with E-state index in [4.69, 9.17) is 23.2 Å². The second-order valence-electron chi connectivity index (χ2n) is 2.67. The summed E-state index contributed by atoms with van der Waals surface area (Å²) >= 11 is 13.9. The van der Waals surface area contributed by atoms with Crippen molar-refractivity contribution in [1.82, 2.24) is 13.9 Å². The van der Waals surface area contributed by atoms with Crippen molar-refractivity contribution in [3.63, 3.8) is 0 Å². The van der Waals surface area contributed by atoms with Gasteiger partial charge in [-0.1, -0.05) is 11.6 Å². The summed E-state index contributed by atoms with van der Waals surface area (Å²) in [6, 6.07) is 1.94. The number of nitrogens with zero attached hydrogens (tertiary/aromatic N) is 3. The lowest BCUT2D eigenvalue weighted by atomic mass is 10.4. The predicted octanol–water partition coefficient (Wildman–Crippen LogP) is 3.89. The van der Waals surface area contributed by atoms with Crippen molar-refractivity contribution in [2.45, 2.75) is 6.92 Å². The fourth-order valence-corrected chi connectivity index (χ4v) is 3.49. The lowest BCUT2D eigenvalue weighted by molar-refractivity contribution is 1.15. The lowest BCUT2D eigenvalue weighted by Gasteiger charge is -2.00. The fourth-order valence-electron chi connectivity index (χ4n) is 1.21. The number of halogens is 3. The van der Waals surface area contributed by atoms with Crippen LogP contribution in [0.2, 0.25) is 10.4 Å². The SMILES string of the molecule is Cc1cc2c(Cl)nc(Cl)nc2n1SI. The third-order valence-corrected chi connectivity index (χ3v) is 4.02. The molecule has 0 radical (unpaired) electrons. The molecule has 0 aliphatic heterocycles. The third-order valence-electron chi connectivity index (χ3n) is 1.79. The van der Waals surface area contributed by atoms with Gasteiger partial charge in [0.05, 0.1) is 5.39 Å². The van der Waals surface area contributed by atoms with Crippen molar-refractivity contribution in [1.29, 1.82) is 0 Å². The van der Waals surface area contributed by atoms with E-state index in [0.717, 1.165) is 16.7 Å². The molecule has 0 bridgehead atoms. The maximum atomic E-state index is 5.94.